The monoisotopic (exact) mass is 357 g/mol. The molecule has 0 bridgehead atoms. The molecule has 1 aromatic heterocycles. The summed E-state index contributed by atoms with van der Waals surface area (Å²) in [7, 11) is 0. The second kappa shape index (κ2) is 6.45. The highest BCUT2D eigenvalue weighted by molar-refractivity contribution is 5.69. The second-order valence-electron chi connectivity index (χ2n) is 6.60. The first-order chi connectivity index (χ1) is 12.5. The summed E-state index contributed by atoms with van der Waals surface area (Å²) in [5.74, 6) is 0. The molecule has 2 saturated heterocycles. The predicted octanol–water partition coefficient (Wildman–Crippen LogP) is 1.15. The number of rotatable bonds is 3. The van der Waals surface area contributed by atoms with E-state index in [4.69, 9.17) is 9.47 Å². The van der Waals surface area contributed by atoms with E-state index in [-0.39, 0.29) is 24.8 Å². The number of fused-ring (bicyclic) bond motifs is 1. The van der Waals surface area contributed by atoms with Crippen LogP contribution in [0.1, 0.15) is 23.8 Å². The molecular weight excluding hydrogens is 338 g/mol. The lowest BCUT2D eigenvalue weighted by atomic mass is 10.1. The van der Waals surface area contributed by atoms with Crippen LogP contribution in [0.15, 0.2) is 46.1 Å². The first-order valence-corrected chi connectivity index (χ1v) is 8.48. The van der Waals surface area contributed by atoms with E-state index in [2.05, 4.69) is 4.98 Å². The van der Waals surface area contributed by atoms with Crippen molar-refractivity contribution in [3.8, 4) is 0 Å². The lowest BCUT2D eigenvalue weighted by Crippen LogP contribution is -2.51. The van der Waals surface area contributed by atoms with Gasteiger partial charge < -0.3 is 9.47 Å². The van der Waals surface area contributed by atoms with E-state index in [1.807, 2.05) is 30.3 Å². The van der Waals surface area contributed by atoms with Crippen LogP contribution in [0.25, 0.3) is 0 Å². The first kappa shape index (κ1) is 16.6. The van der Waals surface area contributed by atoms with Gasteiger partial charge in [0.25, 0.3) is 5.56 Å². The molecule has 1 N–H and O–H groups in total. The third-order valence-electron chi connectivity index (χ3n) is 4.86. The Bertz CT molecular complexity index is 936. The van der Waals surface area contributed by atoms with E-state index in [1.165, 1.54) is 10.8 Å². The van der Waals surface area contributed by atoms with Gasteiger partial charge >= 0.3 is 11.8 Å². The molecule has 3 atom stereocenters. The van der Waals surface area contributed by atoms with Gasteiger partial charge in [0, 0.05) is 24.7 Å². The van der Waals surface area contributed by atoms with Crippen molar-refractivity contribution < 1.29 is 14.3 Å². The van der Waals surface area contributed by atoms with Crippen molar-refractivity contribution in [3.63, 3.8) is 0 Å². The number of carbonyl (C=O) groups excluding carboxylic acids is 1. The Balaban J connectivity index is 1.60. The van der Waals surface area contributed by atoms with E-state index >= 15 is 0 Å². The summed E-state index contributed by atoms with van der Waals surface area (Å²) in [5, 5.41) is 0. The number of carbonyl (C=O) groups is 1. The summed E-state index contributed by atoms with van der Waals surface area (Å²) >= 11 is 0. The topological polar surface area (TPSA) is 93.6 Å². The Kier molecular flexibility index (Phi) is 4.12. The van der Waals surface area contributed by atoms with Crippen LogP contribution >= 0.6 is 0 Å². The van der Waals surface area contributed by atoms with Crippen molar-refractivity contribution in [2.75, 3.05) is 6.61 Å². The van der Waals surface area contributed by atoms with Gasteiger partial charge in [0.15, 0.2) is 0 Å². The number of H-pyrrole nitrogens is 1. The van der Waals surface area contributed by atoms with Crippen LogP contribution in [0.3, 0.4) is 0 Å². The molecule has 0 saturated carbocycles. The molecule has 1 aromatic carbocycles. The number of ether oxygens (including phenoxy) is 2. The molecule has 0 aliphatic carbocycles. The quantitative estimate of drug-likeness (QED) is 0.889. The molecule has 8 heteroatoms. The zero-order chi connectivity index (χ0) is 18.3. The number of nitrogens with one attached hydrogen (secondary N) is 1. The van der Waals surface area contributed by atoms with Gasteiger partial charge in [-0.3, -0.25) is 19.2 Å². The van der Waals surface area contributed by atoms with E-state index in [1.54, 1.807) is 11.8 Å². The molecule has 4 rings (SSSR count). The fraction of sp³-hybridized carbons (Fsp3) is 0.389. The number of hydrogen-bond donors (Lipinski definition) is 1. The average Bonchev–Trinajstić information content (AvgIpc) is 3.06. The zero-order valence-corrected chi connectivity index (χ0v) is 14.3. The third kappa shape index (κ3) is 2.92. The van der Waals surface area contributed by atoms with Gasteiger partial charge in [-0.15, -0.1) is 0 Å². The summed E-state index contributed by atoms with van der Waals surface area (Å²) in [6.45, 7) is 2.20. The Labute approximate surface area is 149 Å². The maximum absolute atomic E-state index is 12.3. The van der Waals surface area contributed by atoms with E-state index < -0.39 is 17.5 Å². The van der Waals surface area contributed by atoms with E-state index in [0.717, 1.165) is 5.56 Å². The number of amides is 1. The molecule has 0 spiro atoms. The summed E-state index contributed by atoms with van der Waals surface area (Å²) < 4.78 is 12.6. The van der Waals surface area contributed by atoms with Gasteiger partial charge in [0.05, 0.1) is 6.04 Å². The van der Waals surface area contributed by atoms with Gasteiger partial charge in [-0.25, -0.2) is 9.59 Å². The molecule has 2 aliphatic heterocycles. The molecule has 2 fully saturated rings. The van der Waals surface area contributed by atoms with E-state index in [0.29, 0.717) is 18.5 Å². The Hall–Kier alpha value is -2.87. The number of hydrogen-bond acceptors (Lipinski definition) is 5. The minimum absolute atomic E-state index is 0.155. The van der Waals surface area contributed by atoms with Crippen molar-refractivity contribution >= 4 is 6.09 Å². The second-order valence-corrected chi connectivity index (χ2v) is 6.60. The maximum Gasteiger partial charge on any atom is 0.410 e. The highest BCUT2D eigenvalue weighted by Crippen LogP contribution is 2.35. The van der Waals surface area contributed by atoms with Crippen LogP contribution in [0.2, 0.25) is 0 Å². The number of nitrogens with zero attached hydrogens (tertiary/aromatic N) is 2. The molecule has 3 heterocycles. The number of aromatic nitrogens is 2. The van der Waals surface area contributed by atoms with Crippen LogP contribution in [0.5, 0.6) is 0 Å². The molecule has 0 unspecified atom stereocenters. The highest BCUT2D eigenvalue weighted by Gasteiger charge is 2.46. The molecule has 26 heavy (non-hydrogen) atoms. The maximum atomic E-state index is 12.3. The smallest absolute Gasteiger partial charge is 0.410 e. The van der Waals surface area contributed by atoms with Crippen molar-refractivity contribution in [1.82, 2.24) is 14.5 Å². The van der Waals surface area contributed by atoms with Crippen LogP contribution in [-0.4, -0.2) is 39.3 Å². The van der Waals surface area contributed by atoms with Crippen molar-refractivity contribution in [2.45, 2.75) is 38.3 Å². The number of aryl methyl sites for hydroxylation is 1. The van der Waals surface area contributed by atoms with Gasteiger partial charge in [-0.2, -0.15) is 0 Å². The number of aromatic amines is 1. The molecule has 8 nitrogen and oxygen atoms in total. The minimum atomic E-state index is -0.555. The molecule has 2 aromatic rings. The lowest BCUT2D eigenvalue weighted by Gasteiger charge is -2.35. The molecule has 0 radical (unpaired) electrons. The summed E-state index contributed by atoms with van der Waals surface area (Å²) in [6.07, 6.45) is 0.691. The highest BCUT2D eigenvalue weighted by atomic mass is 16.6. The van der Waals surface area contributed by atoms with Gasteiger partial charge in [0.2, 0.25) is 0 Å². The third-order valence-corrected chi connectivity index (χ3v) is 4.86. The largest absolute Gasteiger partial charge is 0.447 e. The van der Waals surface area contributed by atoms with Crippen LogP contribution < -0.4 is 11.2 Å². The average molecular weight is 357 g/mol. The minimum Gasteiger partial charge on any atom is -0.447 e. The number of cyclic esters (lactones) is 1. The van der Waals surface area contributed by atoms with Crippen molar-refractivity contribution in [3.05, 3.63) is 68.5 Å². The standard InChI is InChI=1S/C18H19N3O5/c1-11-8-21(17(23)19-16(11)22)15-7-13-14(26-15)10-25-18(24)20(13)9-12-5-3-2-4-6-12/h2-6,8,13-15H,7,9-10H2,1H3,(H,19,22,23)/t13-,14-,15-/m1/s1. The molecule has 136 valence electrons. The zero-order valence-electron chi connectivity index (χ0n) is 14.3. The predicted molar refractivity (Wildman–Crippen MR) is 91.7 cm³/mol. The van der Waals surface area contributed by atoms with E-state index in [9.17, 15) is 14.4 Å². The normalized spacial score (nSPS) is 25.0. The van der Waals surface area contributed by atoms with Crippen molar-refractivity contribution in [2.24, 2.45) is 0 Å². The van der Waals surface area contributed by atoms with Crippen LogP contribution in [0, 0.1) is 6.92 Å². The van der Waals surface area contributed by atoms with Gasteiger partial charge in [0.1, 0.15) is 18.9 Å². The molecule has 1 amide bonds. The summed E-state index contributed by atoms with van der Waals surface area (Å²) in [5.41, 5.74) is 0.485. The fourth-order valence-electron chi connectivity index (χ4n) is 3.50. The van der Waals surface area contributed by atoms with Gasteiger partial charge in [-0.1, -0.05) is 30.3 Å². The summed E-state index contributed by atoms with van der Waals surface area (Å²) in [6, 6.07) is 9.44. The van der Waals surface area contributed by atoms with Crippen molar-refractivity contribution in [1.29, 1.82) is 0 Å². The fourth-order valence-corrected chi connectivity index (χ4v) is 3.50. The Morgan fingerprint density at radius 3 is 2.73 bits per heavy atom. The SMILES string of the molecule is Cc1cn([C@H]2C[C@@H]3[C@@H](COC(=O)N3Cc3ccccc3)O2)c(=O)[nH]c1=O. The lowest BCUT2D eigenvalue weighted by molar-refractivity contribution is -0.0664. The number of benzene rings is 1. The first-order valence-electron chi connectivity index (χ1n) is 8.48. The molecule has 2 aliphatic rings. The summed E-state index contributed by atoms with van der Waals surface area (Å²) in [4.78, 5) is 39.9. The van der Waals surface area contributed by atoms with Gasteiger partial charge in [-0.05, 0) is 12.5 Å². The Morgan fingerprint density at radius 2 is 1.96 bits per heavy atom. The molecular formula is C18H19N3O5. The Morgan fingerprint density at radius 1 is 1.19 bits per heavy atom. The van der Waals surface area contributed by atoms with Crippen LogP contribution in [-0.2, 0) is 16.0 Å². The van der Waals surface area contributed by atoms with Crippen LogP contribution in [0.4, 0.5) is 4.79 Å².